The zero-order chi connectivity index (χ0) is 20.4. The molecule has 2 heterocycles. The number of fused-ring (bicyclic) bond motifs is 1. The molecule has 2 aromatic carbocycles. The van der Waals surface area contributed by atoms with Crippen LogP contribution in [0.4, 0.5) is 0 Å². The highest BCUT2D eigenvalue weighted by atomic mass is 32.2. The van der Waals surface area contributed by atoms with E-state index in [0.717, 1.165) is 21.5 Å². The summed E-state index contributed by atoms with van der Waals surface area (Å²) >= 11 is 1.50. The lowest BCUT2D eigenvalue weighted by Crippen LogP contribution is -2.05. The van der Waals surface area contributed by atoms with Crippen LogP contribution >= 0.6 is 11.3 Å². The number of benzene rings is 2. The van der Waals surface area contributed by atoms with E-state index in [2.05, 4.69) is 9.97 Å². The first-order valence-corrected chi connectivity index (χ1v) is 11.6. The third kappa shape index (κ3) is 4.55. The van der Waals surface area contributed by atoms with E-state index in [4.69, 9.17) is 4.74 Å². The minimum absolute atomic E-state index is 0.00429. The molecule has 0 aliphatic carbocycles. The van der Waals surface area contributed by atoms with Crippen LogP contribution in [0.5, 0.6) is 5.75 Å². The summed E-state index contributed by atoms with van der Waals surface area (Å²) in [6.45, 7) is 0.322. The van der Waals surface area contributed by atoms with Gasteiger partial charge in [0.1, 0.15) is 18.0 Å². The second kappa shape index (κ2) is 7.81. The predicted molar refractivity (Wildman–Crippen MR) is 112 cm³/mol. The van der Waals surface area contributed by atoms with Crippen LogP contribution in [-0.2, 0) is 22.9 Å². The lowest BCUT2D eigenvalue weighted by molar-refractivity contribution is 0.0989. The van der Waals surface area contributed by atoms with E-state index in [1.807, 2.05) is 30.3 Å². The second-order valence-electron chi connectivity index (χ2n) is 6.70. The summed E-state index contributed by atoms with van der Waals surface area (Å²) < 4.78 is 29.7. The van der Waals surface area contributed by atoms with Crippen molar-refractivity contribution in [1.82, 2.24) is 9.97 Å². The van der Waals surface area contributed by atoms with Gasteiger partial charge in [-0.25, -0.2) is 13.4 Å². The molecular formula is C21H18N2O4S2. The van der Waals surface area contributed by atoms with Crippen LogP contribution in [0, 0.1) is 0 Å². The van der Waals surface area contributed by atoms with Crippen molar-refractivity contribution in [3.05, 3.63) is 76.9 Å². The predicted octanol–water partition coefficient (Wildman–Crippen LogP) is 4.03. The molecule has 0 fully saturated rings. The molecule has 0 aliphatic heterocycles. The molecule has 1 N–H and O–H groups in total. The SMILES string of the molecule is CS(=O)(=O)c1ccc(OCc2cccc(CC(=O)c3cc4scnc4[nH]3)c2)cc1. The van der Waals surface area contributed by atoms with Gasteiger partial charge in [-0.05, 0) is 41.5 Å². The van der Waals surface area contributed by atoms with Gasteiger partial charge in [0.05, 0.1) is 20.8 Å². The summed E-state index contributed by atoms with van der Waals surface area (Å²) in [6.07, 6.45) is 1.45. The molecular weight excluding hydrogens is 408 g/mol. The number of hydrogen-bond acceptors (Lipinski definition) is 6. The minimum atomic E-state index is -3.23. The smallest absolute Gasteiger partial charge is 0.183 e. The van der Waals surface area contributed by atoms with Crippen molar-refractivity contribution >= 4 is 37.3 Å². The maximum atomic E-state index is 12.6. The summed E-state index contributed by atoms with van der Waals surface area (Å²) in [5, 5.41) is 0. The van der Waals surface area contributed by atoms with Gasteiger partial charge in [0.2, 0.25) is 0 Å². The summed E-state index contributed by atoms with van der Waals surface area (Å²) in [4.78, 5) is 20.0. The number of rotatable bonds is 7. The van der Waals surface area contributed by atoms with Gasteiger partial charge in [-0.3, -0.25) is 4.79 Å². The van der Waals surface area contributed by atoms with Crippen molar-refractivity contribution in [2.45, 2.75) is 17.9 Å². The van der Waals surface area contributed by atoms with E-state index in [1.54, 1.807) is 17.6 Å². The quantitative estimate of drug-likeness (QED) is 0.451. The van der Waals surface area contributed by atoms with Crippen molar-refractivity contribution in [1.29, 1.82) is 0 Å². The number of H-pyrrole nitrogens is 1. The van der Waals surface area contributed by atoms with E-state index < -0.39 is 9.84 Å². The van der Waals surface area contributed by atoms with Crippen molar-refractivity contribution in [2.75, 3.05) is 6.26 Å². The zero-order valence-corrected chi connectivity index (χ0v) is 17.2. The van der Waals surface area contributed by atoms with E-state index in [0.29, 0.717) is 18.1 Å². The van der Waals surface area contributed by atoms with Crippen LogP contribution in [0.15, 0.2) is 65.0 Å². The van der Waals surface area contributed by atoms with Crippen LogP contribution in [-0.4, -0.2) is 30.4 Å². The fourth-order valence-corrected chi connectivity index (χ4v) is 4.26. The highest BCUT2D eigenvalue weighted by molar-refractivity contribution is 7.90. The molecule has 0 atom stereocenters. The van der Waals surface area contributed by atoms with Crippen LogP contribution in [0.2, 0.25) is 0 Å². The molecule has 0 saturated carbocycles. The number of carbonyl (C=O) groups excluding carboxylic acids is 1. The number of nitrogens with one attached hydrogen (secondary N) is 1. The average Bonchev–Trinajstić information content (AvgIpc) is 3.28. The van der Waals surface area contributed by atoms with Gasteiger partial charge in [0.25, 0.3) is 0 Å². The second-order valence-corrected chi connectivity index (χ2v) is 9.60. The fraction of sp³-hybridized carbons (Fsp3) is 0.143. The van der Waals surface area contributed by atoms with Gasteiger partial charge in [-0.2, -0.15) is 0 Å². The maximum Gasteiger partial charge on any atom is 0.183 e. The van der Waals surface area contributed by atoms with Crippen molar-refractivity contribution in [2.24, 2.45) is 0 Å². The summed E-state index contributed by atoms with van der Waals surface area (Å²) in [7, 11) is -3.23. The number of hydrogen-bond donors (Lipinski definition) is 1. The summed E-state index contributed by atoms with van der Waals surface area (Å²) in [6, 6.07) is 15.8. The van der Waals surface area contributed by atoms with E-state index in [-0.39, 0.29) is 17.1 Å². The van der Waals surface area contributed by atoms with E-state index >= 15 is 0 Å². The summed E-state index contributed by atoms with van der Waals surface area (Å²) in [5.74, 6) is 0.586. The van der Waals surface area contributed by atoms with Crippen molar-refractivity contribution < 1.29 is 17.9 Å². The summed E-state index contributed by atoms with van der Waals surface area (Å²) in [5.41, 5.74) is 4.87. The van der Waals surface area contributed by atoms with Crippen LogP contribution in [0.25, 0.3) is 10.3 Å². The minimum Gasteiger partial charge on any atom is -0.489 e. The van der Waals surface area contributed by atoms with E-state index in [9.17, 15) is 13.2 Å². The first-order chi connectivity index (χ1) is 13.9. The standard InChI is InChI=1S/C21H18N2O4S2/c1-29(25,26)17-7-5-16(6-8-17)27-12-15-4-2-3-14(9-15)10-19(24)18-11-20-21(23-18)22-13-28-20/h2-9,11,13,23H,10,12H2,1H3. The Bertz CT molecular complexity index is 1240. The van der Waals surface area contributed by atoms with Crippen LogP contribution in [0.3, 0.4) is 0 Å². The van der Waals surface area contributed by atoms with Gasteiger partial charge in [-0.1, -0.05) is 24.3 Å². The highest BCUT2D eigenvalue weighted by Gasteiger charge is 2.12. The van der Waals surface area contributed by atoms with E-state index in [1.165, 1.54) is 29.7 Å². The Kier molecular flexibility index (Phi) is 5.21. The Morgan fingerprint density at radius 3 is 2.59 bits per heavy atom. The number of Topliss-reactive ketones (excluding diaryl/α,β-unsaturated/α-hetero) is 1. The first-order valence-electron chi connectivity index (χ1n) is 8.85. The number of carbonyl (C=O) groups is 1. The molecule has 4 rings (SSSR count). The van der Waals surface area contributed by atoms with Gasteiger partial charge in [-0.15, -0.1) is 11.3 Å². The van der Waals surface area contributed by atoms with Gasteiger partial charge in [0.15, 0.2) is 15.6 Å². The Balaban J connectivity index is 1.40. The third-order valence-corrected chi connectivity index (χ3v) is 6.34. The molecule has 0 aliphatic rings. The van der Waals surface area contributed by atoms with Crippen molar-refractivity contribution in [3.63, 3.8) is 0 Å². The van der Waals surface area contributed by atoms with Crippen LogP contribution < -0.4 is 4.74 Å². The molecule has 8 heteroatoms. The Morgan fingerprint density at radius 1 is 1.10 bits per heavy atom. The number of sulfone groups is 1. The molecule has 148 valence electrons. The van der Waals surface area contributed by atoms with Crippen molar-refractivity contribution in [3.8, 4) is 5.75 Å². The molecule has 0 spiro atoms. The third-order valence-electron chi connectivity index (χ3n) is 4.44. The largest absolute Gasteiger partial charge is 0.489 e. The monoisotopic (exact) mass is 426 g/mol. The molecule has 2 aromatic heterocycles. The molecule has 0 radical (unpaired) electrons. The molecule has 0 saturated heterocycles. The molecule has 0 amide bonds. The number of nitrogens with zero attached hydrogens (tertiary/aromatic N) is 1. The van der Waals surface area contributed by atoms with Gasteiger partial charge < -0.3 is 9.72 Å². The number of thiazole rings is 1. The number of aromatic nitrogens is 2. The maximum absolute atomic E-state index is 12.6. The lowest BCUT2D eigenvalue weighted by atomic mass is 10.0. The zero-order valence-electron chi connectivity index (χ0n) is 15.6. The van der Waals surface area contributed by atoms with Gasteiger partial charge >= 0.3 is 0 Å². The Hall–Kier alpha value is -2.97. The molecule has 29 heavy (non-hydrogen) atoms. The highest BCUT2D eigenvalue weighted by Crippen LogP contribution is 2.20. The fourth-order valence-electron chi connectivity index (χ4n) is 2.96. The molecule has 0 bridgehead atoms. The number of aromatic amines is 1. The van der Waals surface area contributed by atoms with Gasteiger partial charge in [0, 0.05) is 12.7 Å². The Labute approximate surface area is 172 Å². The van der Waals surface area contributed by atoms with Crippen LogP contribution in [0.1, 0.15) is 21.6 Å². The lowest BCUT2D eigenvalue weighted by Gasteiger charge is -2.08. The Morgan fingerprint density at radius 2 is 1.86 bits per heavy atom. The molecule has 6 nitrogen and oxygen atoms in total. The molecule has 4 aromatic rings. The number of ether oxygens (including phenoxy) is 1. The topological polar surface area (TPSA) is 89.1 Å². The number of ketones is 1. The normalized spacial score (nSPS) is 11.6. The molecule has 0 unspecified atom stereocenters. The average molecular weight is 427 g/mol. The first kappa shape index (κ1) is 19.4.